The maximum absolute atomic E-state index is 13.2. The molecule has 0 aliphatic heterocycles. The summed E-state index contributed by atoms with van der Waals surface area (Å²) in [6.45, 7) is 4.15. The summed E-state index contributed by atoms with van der Waals surface area (Å²) in [7, 11) is 0. The van der Waals surface area contributed by atoms with E-state index in [2.05, 4.69) is 71.3 Å². The molecule has 162 valence electrons. The fourth-order valence-electron chi connectivity index (χ4n) is 5.25. The maximum atomic E-state index is 13.2. The van der Waals surface area contributed by atoms with Gasteiger partial charge in [-0.1, -0.05) is 42.5 Å². The van der Waals surface area contributed by atoms with Gasteiger partial charge in [-0.2, -0.15) is 0 Å². The molecule has 33 heavy (non-hydrogen) atoms. The monoisotopic (exact) mass is 449 g/mol. The number of aromatic nitrogens is 3. The van der Waals surface area contributed by atoms with E-state index in [1.54, 1.807) is 17.5 Å². The van der Waals surface area contributed by atoms with E-state index in [1.165, 1.54) is 32.7 Å². The van der Waals surface area contributed by atoms with Gasteiger partial charge in [-0.25, -0.2) is 9.97 Å². The van der Waals surface area contributed by atoms with Crippen LogP contribution in [-0.4, -0.2) is 20.7 Å². The normalized spacial score (nSPS) is 14.4. The summed E-state index contributed by atoms with van der Waals surface area (Å²) in [5, 5.41) is 1.98. The number of ketones is 1. The molecule has 4 nitrogen and oxygen atoms in total. The molecule has 2 aromatic carbocycles. The standard InChI is InChI=1S/C28H23N3OS/c1-16-27(33-17(2)31-16)24-9-5-8-22-19(18-6-3-4-7-21(18)26(22)24)10-11-25(32)20-12-14-29-28-23(20)13-15-30-28/h3-9,12-15,19H,10-11H2,1-2H3,(H,29,30). The van der Waals surface area contributed by atoms with Crippen molar-refractivity contribution in [2.45, 2.75) is 32.6 Å². The van der Waals surface area contributed by atoms with Crippen LogP contribution >= 0.6 is 11.3 Å². The summed E-state index contributed by atoms with van der Waals surface area (Å²) in [6, 6.07) is 19.0. The number of hydrogen-bond donors (Lipinski definition) is 1. The number of aromatic amines is 1. The highest BCUT2D eigenvalue weighted by atomic mass is 32.1. The van der Waals surface area contributed by atoms with Crippen molar-refractivity contribution in [3.8, 4) is 21.6 Å². The van der Waals surface area contributed by atoms with E-state index in [9.17, 15) is 4.79 Å². The zero-order valence-electron chi connectivity index (χ0n) is 18.6. The second kappa shape index (κ2) is 7.78. The molecule has 0 spiro atoms. The second-order valence-electron chi connectivity index (χ2n) is 8.62. The number of H-pyrrole nitrogens is 1. The molecule has 1 aliphatic carbocycles. The Morgan fingerprint density at radius 2 is 1.82 bits per heavy atom. The lowest BCUT2D eigenvalue weighted by Gasteiger charge is -2.14. The van der Waals surface area contributed by atoms with Gasteiger partial charge in [0.1, 0.15) is 5.65 Å². The van der Waals surface area contributed by atoms with E-state index in [4.69, 9.17) is 0 Å². The van der Waals surface area contributed by atoms with Crippen molar-refractivity contribution in [1.29, 1.82) is 0 Å². The first-order chi connectivity index (χ1) is 16.1. The van der Waals surface area contributed by atoms with E-state index in [1.807, 2.05) is 18.3 Å². The smallest absolute Gasteiger partial charge is 0.163 e. The minimum absolute atomic E-state index is 0.165. The number of hydrogen-bond acceptors (Lipinski definition) is 4. The molecular formula is C28H23N3OS. The second-order valence-corrected chi connectivity index (χ2v) is 9.82. The van der Waals surface area contributed by atoms with Gasteiger partial charge < -0.3 is 4.98 Å². The lowest BCUT2D eigenvalue weighted by Crippen LogP contribution is -2.05. The highest BCUT2D eigenvalue weighted by Gasteiger charge is 2.31. The van der Waals surface area contributed by atoms with Crippen LogP contribution in [0.3, 0.4) is 0 Å². The van der Waals surface area contributed by atoms with E-state index in [-0.39, 0.29) is 11.7 Å². The lowest BCUT2D eigenvalue weighted by molar-refractivity contribution is 0.0980. The molecule has 3 heterocycles. The number of carbonyl (C=O) groups is 1. The molecule has 1 N–H and O–H groups in total. The van der Waals surface area contributed by atoms with Gasteiger partial charge in [0.25, 0.3) is 0 Å². The van der Waals surface area contributed by atoms with Crippen LogP contribution in [0.25, 0.3) is 32.6 Å². The zero-order chi connectivity index (χ0) is 22.5. The SMILES string of the molecule is Cc1nc(C)c(-c2cccc3c2-c2ccccc2C3CCC(=O)c2ccnc3[nH]ccc23)s1. The van der Waals surface area contributed by atoms with Gasteiger partial charge in [0.15, 0.2) is 5.78 Å². The van der Waals surface area contributed by atoms with Crippen molar-refractivity contribution in [2.24, 2.45) is 0 Å². The fourth-order valence-corrected chi connectivity index (χ4v) is 6.20. The highest BCUT2D eigenvalue weighted by molar-refractivity contribution is 7.15. The molecule has 6 rings (SSSR count). The Morgan fingerprint density at radius 1 is 1.00 bits per heavy atom. The molecule has 5 heteroatoms. The summed E-state index contributed by atoms with van der Waals surface area (Å²) < 4.78 is 0. The van der Waals surface area contributed by atoms with Crippen LogP contribution in [0.15, 0.2) is 67.0 Å². The van der Waals surface area contributed by atoms with Crippen molar-refractivity contribution in [2.75, 3.05) is 0 Å². The molecule has 1 atom stereocenters. The van der Waals surface area contributed by atoms with Crippen molar-refractivity contribution in [3.05, 3.63) is 94.4 Å². The molecule has 0 fully saturated rings. The molecule has 0 saturated heterocycles. The minimum atomic E-state index is 0.165. The molecule has 1 unspecified atom stereocenters. The molecule has 0 saturated carbocycles. The number of benzene rings is 2. The molecular weight excluding hydrogens is 426 g/mol. The minimum Gasteiger partial charge on any atom is -0.346 e. The number of nitrogens with zero attached hydrogens (tertiary/aromatic N) is 2. The molecule has 0 amide bonds. The predicted molar refractivity (Wildman–Crippen MR) is 134 cm³/mol. The first kappa shape index (κ1) is 20.1. The zero-order valence-corrected chi connectivity index (χ0v) is 19.4. The van der Waals surface area contributed by atoms with Gasteiger partial charge in [-0.15, -0.1) is 11.3 Å². The molecule has 0 bridgehead atoms. The van der Waals surface area contributed by atoms with Crippen molar-refractivity contribution in [3.63, 3.8) is 0 Å². The molecule has 3 aromatic heterocycles. The Morgan fingerprint density at radius 3 is 2.67 bits per heavy atom. The first-order valence-electron chi connectivity index (χ1n) is 11.2. The van der Waals surface area contributed by atoms with Crippen molar-refractivity contribution in [1.82, 2.24) is 15.0 Å². The van der Waals surface area contributed by atoms with Crippen LogP contribution in [0, 0.1) is 13.8 Å². The van der Waals surface area contributed by atoms with Gasteiger partial charge in [-0.05, 0) is 54.7 Å². The van der Waals surface area contributed by atoms with Crippen LogP contribution in [0.4, 0.5) is 0 Å². The van der Waals surface area contributed by atoms with E-state index in [0.29, 0.717) is 6.42 Å². The largest absolute Gasteiger partial charge is 0.346 e. The third kappa shape index (κ3) is 3.23. The molecule has 5 aromatic rings. The highest BCUT2D eigenvalue weighted by Crippen LogP contribution is 2.51. The number of rotatable bonds is 5. The topological polar surface area (TPSA) is 58.6 Å². The van der Waals surface area contributed by atoms with Crippen LogP contribution in [0.2, 0.25) is 0 Å². The van der Waals surface area contributed by atoms with Gasteiger partial charge in [0.2, 0.25) is 0 Å². The summed E-state index contributed by atoms with van der Waals surface area (Å²) in [4.78, 5) is 26.5. The maximum Gasteiger partial charge on any atom is 0.163 e. The van der Waals surface area contributed by atoms with E-state index in [0.717, 1.165) is 33.7 Å². The van der Waals surface area contributed by atoms with Crippen LogP contribution < -0.4 is 0 Å². The summed E-state index contributed by atoms with van der Waals surface area (Å²) in [5.74, 6) is 0.371. The Bertz CT molecular complexity index is 1530. The van der Waals surface area contributed by atoms with Crippen LogP contribution in [0.5, 0.6) is 0 Å². The molecule has 1 aliphatic rings. The number of carbonyl (C=O) groups excluding carboxylic acids is 1. The van der Waals surface area contributed by atoms with Crippen LogP contribution in [0.1, 0.15) is 50.9 Å². The van der Waals surface area contributed by atoms with Gasteiger partial charge >= 0.3 is 0 Å². The van der Waals surface area contributed by atoms with Crippen molar-refractivity contribution >= 4 is 28.2 Å². The number of thiazole rings is 1. The average Bonchev–Trinajstić information content (AvgIpc) is 3.52. The summed E-state index contributed by atoms with van der Waals surface area (Å²) in [5.41, 5.74) is 9.04. The molecule has 0 radical (unpaired) electrons. The van der Waals surface area contributed by atoms with Gasteiger partial charge in [0, 0.05) is 41.2 Å². The van der Waals surface area contributed by atoms with Crippen LogP contribution in [-0.2, 0) is 0 Å². The fraction of sp³-hybridized carbons (Fsp3) is 0.179. The predicted octanol–water partition coefficient (Wildman–Crippen LogP) is 7.08. The number of aryl methyl sites for hydroxylation is 2. The van der Waals surface area contributed by atoms with E-state index >= 15 is 0 Å². The van der Waals surface area contributed by atoms with E-state index < -0.39 is 0 Å². The lowest BCUT2D eigenvalue weighted by atomic mass is 9.89. The van der Waals surface area contributed by atoms with Crippen molar-refractivity contribution < 1.29 is 4.79 Å². The Hall–Kier alpha value is -3.57. The Kier molecular flexibility index (Phi) is 4.73. The number of pyridine rings is 1. The number of Topliss-reactive ketones (excluding diaryl/α,β-unsaturated/α-hetero) is 1. The Balaban J connectivity index is 1.39. The van der Waals surface area contributed by atoms with Gasteiger partial charge in [0.05, 0.1) is 15.6 Å². The number of nitrogens with one attached hydrogen (secondary N) is 1. The third-order valence-corrected chi connectivity index (χ3v) is 7.75. The summed E-state index contributed by atoms with van der Waals surface area (Å²) in [6.07, 6.45) is 4.81. The average molecular weight is 450 g/mol. The third-order valence-electron chi connectivity index (χ3n) is 6.65. The summed E-state index contributed by atoms with van der Waals surface area (Å²) >= 11 is 1.75. The quantitative estimate of drug-likeness (QED) is 0.292. The Labute approximate surface area is 196 Å². The number of fused-ring (bicyclic) bond motifs is 4. The first-order valence-corrected chi connectivity index (χ1v) is 12.1. The van der Waals surface area contributed by atoms with Gasteiger partial charge in [-0.3, -0.25) is 4.79 Å².